The predicted octanol–water partition coefficient (Wildman–Crippen LogP) is 5.64. The van der Waals surface area contributed by atoms with Crippen molar-refractivity contribution in [2.24, 2.45) is 0 Å². The molecule has 1 N–H and O–H groups in total. The summed E-state index contributed by atoms with van der Waals surface area (Å²) in [6.07, 6.45) is 1.66. The Morgan fingerprint density at radius 3 is 2.43 bits per heavy atom. The molecular formula is C19H12Cl3FN4O. The van der Waals surface area contributed by atoms with Crippen LogP contribution in [0, 0.1) is 12.7 Å². The van der Waals surface area contributed by atoms with Gasteiger partial charge >= 0.3 is 0 Å². The second-order valence-electron chi connectivity index (χ2n) is 6.04. The molecule has 142 valence electrons. The molecule has 2 aromatic carbocycles. The minimum absolute atomic E-state index is 0.219. The van der Waals surface area contributed by atoms with Gasteiger partial charge in [0.15, 0.2) is 5.65 Å². The van der Waals surface area contributed by atoms with E-state index in [-0.39, 0.29) is 10.6 Å². The van der Waals surface area contributed by atoms with Crippen molar-refractivity contribution in [1.29, 1.82) is 0 Å². The topological polar surface area (TPSA) is 51.3 Å². The van der Waals surface area contributed by atoms with Crippen LogP contribution < -0.4 is 10.9 Å². The molecule has 0 amide bonds. The molecule has 0 fully saturated rings. The summed E-state index contributed by atoms with van der Waals surface area (Å²) in [4.78, 5) is 17.3. The van der Waals surface area contributed by atoms with Gasteiger partial charge in [-0.15, -0.1) is 0 Å². The van der Waals surface area contributed by atoms with Crippen LogP contribution in [0.4, 0.5) is 15.9 Å². The summed E-state index contributed by atoms with van der Waals surface area (Å²) in [5.41, 5.74) is 1.42. The molecule has 0 aliphatic rings. The number of halogens is 4. The normalized spacial score (nSPS) is 11.2. The van der Waals surface area contributed by atoms with Crippen LogP contribution in [0.1, 0.15) is 5.56 Å². The van der Waals surface area contributed by atoms with Crippen molar-refractivity contribution in [1.82, 2.24) is 14.2 Å². The maximum absolute atomic E-state index is 13.2. The number of fused-ring (bicyclic) bond motifs is 1. The first kappa shape index (κ1) is 18.8. The van der Waals surface area contributed by atoms with Crippen LogP contribution in [0.15, 0.2) is 53.5 Å². The van der Waals surface area contributed by atoms with Gasteiger partial charge in [0.1, 0.15) is 17.3 Å². The Kier molecular flexibility index (Phi) is 4.79. The fourth-order valence-electron chi connectivity index (χ4n) is 2.88. The van der Waals surface area contributed by atoms with Gasteiger partial charge in [-0.3, -0.25) is 4.79 Å². The molecule has 9 heteroatoms. The fourth-order valence-corrected chi connectivity index (χ4v) is 3.65. The van der Waals surface area contributed by atoms with Crippen LogP contribution in [0.2, 0.25) is 15.1 Å². The van der Waals surface area contributed by atoms with Gasteiger partial charge in [0.05, 0.1) is 26.3 Å². The summed E-state index contributed by atoms with van der Waals surface area (Å²) in [7, 11) is 0. The Morgan fingerprint density at radius 2 is 1.75 bits per heavy atom. The third kappa shape index (κ3) is 3.13. The predicted molar refractivity (Wildman–Crippen MR) is 110 cm³/mol. The lowest BCUT2D eigenvalue weighted by Gasteiger charge is -2.11. The van der Waals surface area contributed by atoms with E-state index >= 15 is 0 Å². The molecular weight excluding hydrogens is 426 g/mol. The fraction of sp³-hybridized carbons (Fsp3) is 0.0526. The lowest BCUT2D eigenvalue weighted by Crippen LogP contribution is -2.19. The second-order valence-corrected chi connectivity index (χ2v) is 7.26. The molecule has 0 atom stereocenters. The van der Waals surface area contributed by atoms with Crippen LogP contribution >= 0.6 is 34.8 Å². The number of nitrogens with one attached hydrogen (secondary N) is 1. The highest BCUT2D eigenvalue weighted by Gasteiger charge is 2.18. The Bertz CT molecular complexity index is 1260. The molecule has 0 bridgehead atoms. The van der Waals surface area contributed by atoms with Crippen LogP contribution in [-0.4, -0.2) is 14.2 Å². The SMILES string of the molecule is Cc1c(=O)n(-c2c(Cl)cccc2Cl)n2ccc(Nc3ccc(F)cc3Cl)nc12. The molecule has 0 aliphatic heterocycles. The number of nitrogens with zero attached hydrogens (tertiary/aromatic N) is 3. The summed E-state index contributed by atoms with van der Waals surface area (Å²) in [5, 5.41) is 3.93. The van der Waals surface area contributed by atoms with E-state index < -0.39 is 5.82 Å². The maximum atomic E-state index is 13.2. The molecule has 2 aromatic heterocycles. The highest BCUT2D eigenvalue weighted by molar-refractivity contribution is 6.37. The Balaban J connectivity index is 1.86. The molecule has 0 spiro atoms. The number of benzene rings is 2. The van der Waals surface area contributed by atoms with Gasteiger partial charge in [0.25, 0.3) is 5.56 Å². The van der Waals surface area contributed by atoms with Crippen molar-refractivity contribution >= 4 is 52.0 Å². The highest BCUT2D eigenvalue weighted by Crippen LogP contribution is 2.29. The summed E-state index contributed by atoms with van der Waals surface area (Å²) in [6.45, 7) is 1.67. The average molecular weight is 438 g/mol. The van der Waals surface area contributed by atoms with Gasteiger partial charge < -0.3 is 5.32 Å². The van der Waals surface area contributed by atoms with E-state index in [0.717, 1.165) is 0 Å². The monoisotopic (exact) mass is 436 g/mol. The van der Waals surface area contributed by atoms with Crippen LogP contribution in [0.3, 0.4) is 0 Å². The average Bonchev–Trinajstić information content (AvgIpc) is 2.89. The standard InChI is InChI=1S/C19H12Cl3FN4O/c1-10-18-25-16(24-15-6-5-11(23)9-14(15)22)7-8-26(18)27(19(10)28)17-12(20)3-2-4-13(17)21/h2-9H,1H3,(H,24,25). The van der Waals surface area contributed by atoms with E-state index in [9.17, 15) is 9.18 Å². The lowest BCUT2D eigenvalue weighted by molar-refractivity contribution is 0.628. The minimum atomic E-state index is -0.435. The Hall–Kier alpha value is -2.54. The lowest BCUT2D eigenvalue weighted by atomic mass is 10.3. The van der Waals surface area contributed by atoms with Crippen LogP contribution in [0.5, 0.6) is 0 Å². The van der Waals surface area contributed by atoms with E-state index in [1.807, 2.05) is 0 Å². The van der Waals surface area contributed by atoms with Gasteiger partial charge in [-0.1, -0.05) is 40.9 Å². The number of anilines is 2. The summed E-state index contributed by atoms with van der Waals surface area (Å²) in [6, 6.07) is 10.7. The van der Waals surface area contributed by atoms with Crippen molar-refractivity contribution in [3.8, 4) is 5.69 Å². The third-order valence-corrected chi connectivity index (χ3v) is 5.15. The van der Waals surface area contributed by atoms with E-state index in [4.69, 9.17) is 34.8 Å². The van der Waals surface area contributed by atoms with Crippen molar-refractivity contribution in [3.05, 3.63) is 85.5 Å². The summed E-state index contributed by atoms with van der Waals surface area (Å²) >= 11 is 18.6. The second kappa shape index (κ2) is 7.13. The van der Waals surface area contributed by atoms with E-state index in [2.05, 4.69) is 10.3 Å². The smallest absolute Gasteiger partial charge is 0.277 e. The first-order valence-electron chi connectivity index (χ1n) is 8.14. The summed E-state index contributed by atoms with van der Waals surface area (Å²) in [5.74, 6) is 0.00839. The molecule has 4 aromatic rings. The molecule has 0 aliphatic carbocycles. The Morgan fingerprint density at radius 1 is 1.04 bits per heavy atom. The van der Waals surface area contributed by atoms with Crippen molar-refractivity contribution in [2.45, 2.75) is 6.92 Å². The summed E-state index contributed by atoms with van der Waals surface area (Å²) < 4.78 is 16.2. The number of para-hydroxylation sites is 1. The van der Waals surface area contributed by atoms with Gasteiger partial charge in [-0.25, -0.2) is 18.6 Å². The zero-order valence-corrected chi connectivity index (χ0v) is 16.6. The van der Waals surface area contributed by atoms with Gasteiger partial charge in [0, 0.05) is 6.20 Å². The number of rotatable bonds is 3. The molecule has 0 radical (unpaired) electrons. The number of aryl methyl sites for hydroxylation is 1. The van der Waals surface area contributed by atoms with Crippen molar-refractivity contribution in [2.75, 3.05) is 5.32 Å². The number of hydrogen-bond acceptors (Lipinski definition) is 3. The number of hydrogen-bond donors (Lipinski definition) is 1. The third-order valence-electron chi connectivity index (χ3n) is 4.22. The first-order chi connectivity index (χ1) is 13.4. The molecule has 0 saturated carbocycles. The van der Waals surface area contributed by atoms with E-state index in [1.54, 1.807) is 41.9 Å². The van der Waals surface area contributed by atoms with E-state index in [0.29, 0.717) is 38.4 Å². The molecule has 5 nitrogen and oxygen atoms in total. The van der Waals surface area contributed by atoms with Crippen molar-refractivity contribution in [3.63, 3.8) is 0 Å². The molecule has 2 heterocycles. The number of aromatic nitrogens is 3. The zero-order valence-electron chi connectivity index (χ0n) is 14.4. The van der Waals surface area contributed by atoms with Gasteiger partial charge in [0.2, 0.25) is 0 Å². The first-order valence-corrected chi connectivity index (χ1v) is 9.27. The minimum Gasteiger partial charge on any atom is -0.339 e. The van der Waals surface area contributed by atoms with Gasteiger partial charge in [-0.2, -0.15) is 0 Å². The molecule has 0 unspecified atom stereocenters. The largest absolute Gasteiger partial charge is 0.339 e. The zero-order chi connectivity index (χ0) is 20.0. The van der Waals surface area contributed by atoms with E-state index in [1.165, 1.54) is 22.9 Å². The molecule has 0 saturated heterocycles. The highest BCUT2D eigenvalue weighted by atomic mass is 35.5. The Labute approximate surface area is 173 Å². The maximum Gasteiger partial charge on any atom is 0.277 e. The van der Waals surface area contributed by atoms with Gasteiger partial charge in [-0.05, 0) is 43.3 Å². The molecule has 4 rings (SSSR count). The molecule has 28 heavy (non-hydrogen) atoms. The van der Waals surface area contributed by atoms with Crippen LogP contribution in [-0.2, 0) is 0 Å². The van der Waals surface area contributed by atoms with Crippen LogP contribution in [0.25, 0.3) is 11.3 Å². The van der Waals surface area contributed by atoms with Crippen molar-refractivity contribution < 1.29 is 4.39 Å². The quantitative estimate of drug-likeness (QED) is 0.451.